The summed E-state index contributed by atoms with van der Waals surface area (Å²) >= 11 is 0. The number of hydrogen-bond acceptors (Lipinski definition) is 9. The molecule has 4 aromatic rings. The second-order valence-electron chi connectivity index (χ2n) is 11.4. The van der Waals surface area contributed by atoms with Crippen LogP contribution in [0.1, 0.15) is 38.2 Å². The Labute approximate surface area is 260 Å². The highest BCUT2D eigenvalue weighted by molar-refractivity contribution is 7.86. The van der Waals surface area contributed by atoms with Gasteiger partial charge in [0.05, 0.1) is 23.5 Å². The van der Waals surface area contributed by atoms with E-state index in [9.17, 15) is 8.42 Å². The topological polar surface area (TPSA) is 90.4 Å². The lowest BCUT2D eigenvalue weighted by Gasteiger charge is -2.25. The van der Waals surface area contributed by atoms with Crippen molar-refractivity contribution in [1.82, 2.24) is 4.98 Å². The predicted molar refractivity (Wildman–Crippen MR) is 174 cm³/mol. The number of aryl methyl sites for hydroxylation is 1. The first-order valence-corrected chi connectivity index (χ1v) is 16.3. The van der Waals surface area contributed by atoms with Crippen molar-refractivity contribution in [2.24, 2.45) is 0 Å². The molecule has 0 spiro atoms. The molecule has 1 aromatic heterocycles. The van der Waals surface area contributed by atoms with Crippen molar-refractivity contribution in [2.45, 2.75) is 57.0 Å². The molecule has 3 aromatic carbocycles. The van der Waals surface area contributed by atoms with E-state index in [4.69, 9.17) is 23.4 Å². The quantitative estimate of drug-likeness (QED) is 0.133. The van der Waals surface area contributed by atoms with Gasteiger partial charge in [-0.25, -0.2) is 9.17 Å². The second-order valence-corrected chi connectivity index (χ2v) is 13.0. The number of fused-ring (bicyclic) bond motifs is 1. The molecule has 234 valence electrons. The fourth-order valence-electron chi connectivity index (χ4n) is 5.05. The van der Waals surface area contributed by atoms with E-state index < -0.39 is 22.7 Å². The molecule has 1 fully saturated rings. The van der Waals surface area contributed by atoms with Gasteiger partial charge >= 0.3 is 10.1 Å². The molecule has 2 unspecified atom stereocenters. The van der Waals surface area contributed by atoms with Gasteiger partial charge in [-0.1, -0.05) is 25.1 Å². The fraction of sp³-hybridized carbons (Fsp3) is 0.382. The van der Waals surface area contributed by atoms with Crippen molar-refractivity contribution in [1.29, 1.82) is 0 Å². The second kappa shape index (κ2) is 13.4. The van der Waals surface area contributed by atoms with E-state index in [1.807, 2.05) is 83.3 Å². The number of benzene rings is 3. The number of aromatic nitrogens is 1. The average molecular weight is 620 g/mol. The maximum atomic E-state index is 13.6. The van der Waals surface area contributed by atoms with Crippen LogP contribution >= 0.6 is 0 Å². The third-order valence-corrected chi connectivity index (χ3v) is 8.86. The van der Waals surface area contributed by atoms with Gasteiger partial charge in [0, 0.05) is 57.7 Å². The monoisotopic (exact) mass is 619 g/mol. The SMILES string of the molecule is CCC(Oc1cc(-c2ccc3cc(N(C)C)ccc3n2)ccc1N(C)C)OS(=O)(=O)c1ccc(C)cc1OC1CCCCO1. The van der Waals surface area contributed by atoms with Crippen LogP contribution in [-0.4, -0.2) is 60.8 Å². The van der Waals surface area contributed by atoms with Crippen LogP contribution in [0.4, 0.5) is 11.4 Å². The molecular formula is C34H41N3O6S. The molecule has 44 heavy (non-hydrogen) atoms. The van der Waals surface area contributed by atoms with E-state index in [1.54, 1.807) is 12.1 Å². The van der Waals surface area contributed by atoms with Gasteiger partial charge in [-0.3, -0.25) is 0 Å². The molecule has 5 rings (SSSR count). The van der Waals surface area contributed by atoms with Gasteiger partial charge in [-0.2, -0.15) is 8.42 Å². The molecule has 9 nitrogen and oxygen atoms in total. The highest BCUT2D eigenvalue weighted by Gasteiger charge is 2.28. The van der Waals surface area contributed by atoms with Crippen LogP contribution in [0.3, 0.4) is 0 Å². The first-order valence-electron chi connectivity index (χ1n) is 14.9. The van der Waals surface area contributed by atoms with Crippen LogP contribution in [0.5, 0.6) is 11.5 Å². The van der Waals surface area contributed by atoms with Gasteiger partial charge < -0.3 is 24.0 Å². The molecule has 0 aliphatic carbocycles. The molecule has 1 aliphatic heterocycles. The molecule has 0 amide bonds. The summed E-state index contributed by atoms with van der Waals surface area (Å²) in [5.74, 6) is 0.693. The minimum Gasteiger partial charge on any atom is -0.463 e. The van der Waals surface area contributed by atoms with E-state index in [-0.39, 0.29) is 17.1 Å². The Balaban J connectivity index is 1.41. The Morgan fingerprint density at radius 1 is 0.932 bits per heavy atom. The Morgan fingerprint density at radius 3 is 2.45 bits per heavy atom. The van der Waals surface area contributed by atoms with Crippen molar-refractivity contribution in [3.05, 3.63) is 72.3 Å². The summed E-state index contributed by atoms with van der Waals surface area (Å²) in [6, 6.07) is 20.9. The van der Waals surface area contributed by atoms with Gasteiger partial charge in [0.15, 0.2) is 6.29 Å². The number of pyridine rings is 1. The fourth-order valence-corrected chi connectivity index (χ4v) is 6.20. The number of anilines is 2. The summed E-state index contributed by atoms with van der Waals surface area (Å²) < 4.78 is 50.9. The standard InChI is InChI=1S/C34H41N3O6S/c1-7-33(43-44(38,39)32-18-11-23(2)20-31(32)42-34-10-8-9-19-40-34)41-30-22-25(13-17-29(30)37(5)6)27-15-12-24-21-26(36(3)4)14-16-28(24)35-27/h11-18,20-22,33-34H,7-10,19H2,1-6H3. The van der Waals surface area contributed by atoms with Crippen LogP contribution in [-0.2, 0) is 19.0 Å². The first-order chi connectivity index (χ1) is 21.0. The molecule has 2 heterocycles. The molecule has 2 atom stereocenters. The summed E-state index contributed by atoms with van der Waals surface area (Å²) in [6.45, 7) is 4.28. The van der Waals surface area contributed by atoms with Crippen LogP contribution in [0.15, 0.2) is 71.6 Å². The first kappa shape index (κ1) is 31.6. The van der Waals surface area contributed by atoms with Crippen molar-refractivity contribution in [3.8, 4) is 22.8 Å². The van der Waals surface area contributed by atoms with Crippen LogP contribution in [0.2, 0.25) is 0 Å². The van der Waals surface area contributed by atoms with E-state index >= 15 is 0 Å². The van der Waals surface area contributed by atoms with E-state index in [2.05, 4.69) is 17.0 Å². The smallest absolute Gasteiger partial charge is 0.303 e. The molecule has 1 aliphatic rings. The third-order valence-electron chi connectivity index (χ3n) is 7.52. The molecule has 0 radical (unpaired) electrons. The van der Waals surface area contributed by atoms with Crippen molar-refractivity contribution < 1.29 is 26.8 Å². The number of ether oxygens (including phenoxy) is 3. The lowest BCUT2D eigenvalue weighted by atomic mass is 10.1. The zero-order chi connectivity index (χ0) is 31.4. The molecule has 1 saturated heterocycles. The summed E-state index contributed by atoms with van der Waals surface area (Å²) in [5, 5.41) is 1.04. The highest BCUT2D eigenvalue weighted by atomic mass is 32.2. The summed E-state index contributed by atoms with van der Waals surface area (Å²) in [7, 11) is 3.57. The Morgan fingerprint density at radius 2 is 1.75 bits per heavy atom. The molecular weight excluding hydrogens is 578 g/mol. The Kier molecular flexibility index (Phi) is 9.62. The predicted octanol–water partition coefficient (Wildman–Crippen LogP) is 6.77. The van der Waals surface area contributed by atoms with Gasteiger partial charge in [0.25, 0.3) is 0 Å². The van der Waals surface area contributed by atoms with Crippen molar-refractivity contribution in [3.63, 3.8) is 0 Å². The van der Waals surface area contributed by atoms with E-state index in [0.29, 0.717) is 18.8 Å². The van der Waals surface area contributed by atoms with Crippen LogP contribution < -0.4 is 19.3 Å². The van der Waals surface area contributed by atoms with Gasteiger partial charge in [-0.05, 0) is 73.9 Å². The van der Waals surface area contributed by atoms with Gasteiger partial charge in [-0.15, -0.1) is 0 Å². The largest absolute Gasteiger partial charge is 0.463 e. The van der Waals surface area contributed by atoms with Crippen LogP contribution in [0, 0.1) is 6.92 Å². The van der Waals surface area contributed by atoms with E-state index in [1.165, 1.54) is 6.07 Å². The van der Waals surface area contributed by atoms with Crippen molar-refractivity contribution >= 4 is 32.4 Å². The minimum absolute atomic E-state index is 0.0568. The molecule has 0 saturated carbocycles. The summed E-state index contributed by atoms with van der Waals surface area (Å²) in [6.07, 6.45) is 1.32. The minimum atomic E-state index is -4.25. The lowest BCUT2D eigenvalue weighted by Crippen LogP contribution is -2.27. The maximum Gasteiger partial charge on any atom is 0.303 e. The number of nitrogens with zero attached hydrogens (tertiary/aromatic N) is 3. The summed E-state index contributed by atoms with van der Waals surface area (Å²) in [5.41, 5.74) is 5.24. The number of rotatable bonds is 11. The normalized spacial score (nSPS) is 16.0. The maximum absolute atomic E-state index is 13.6. The van der Waals surface area contributed by atoms with Gasteiger partial charge in [0.1, 0.15) is 16.4 Å². The highest BCUT2D eigenvalue weighted by Crippen LogP contribution is 2.36. The molecule has 0 bridgehead atoms. The van der Waals surface area contributed by atoms with Gasteiger partial charge in [0.2, 0.25) is 6.29 Å². The summed E-state index contributed by atoms with van der Waals surface area (Å²) in [4.78, 5) is 8.80. The Bertz CT molecular complexity index is 1720. The van der Waals surface area contributed by atoms with E-state index in [0.717, 1.165) is 51.9 Å². The molecule has 10 heteroatoms. The molecule has 0 N–H and O–H groups in total. The average Bonchev–Trinajstić information content (AvgIpc) is 3.00. The Hall–Kier alpha value is -3.86. The zero-order valence-corrected chi connectivity index (χ0v) is 27.1. The van der Waals surface area contributed by atoms with Crippen LogP contribution in [0.25, 0.3) is 22.2 Å². The number of hydrogen-bond donors (Lipinski definition) is 0. The third kappa shape index (κ3) is 7.26. The lowest BCUT2D eigenvalue weighted by molar-refractivity contribution is -0.107. The van der Waals surface area contributed by atoms with Crippen molar-refractivity contribution in [2.75, 3.05) is 44.6 Å². The zero-order valence-electron chi connectivity index (χ0n) is 26.2.